The van der Waals surface area contributed by atoms with Crippen molar-refractivity contribution in [3.63, 3.8) is 0 Å². The number of anilines is 2. The number of nitrogen functional groups attached to an aromatic ring is 2. The van der Waals surface area contributed by atoms with E-state index >= 15 is 0 Å². The standard InChI is InChI=1S/C13H20N6O3/c1-16-5-9(20)19-2-3-21-7-13(6-19)4-8-10(14)17-12(15)18-11(8)22-13/h16H,2-7H2,1H3,(H4,14,15,17,18)/t13-/m1/s1. The van der Waals surface area contributed by atoms with Crippen molar-refractivity contribution in [2.45, 2.75) is 12.0 Å². The highest BCUT2D eigenvalue weighted by Crippen LogP contribution is 2.38. The zero-order valence-electron chi connectivity index (χ0n) is 12.5. The molecule has 9 nitrogen and oxygen atoms in total. The Morgan fingerprint density at radius 3 is 3.05 bits per heavy atom. The lowest BCUT2D eigenvalue weighted by atomic mass is 9.98. The molecule has 0 aliphatic carbocycles. The number of nitrogens with one attached hydrogen (secondary N) is 1. The monoisotopic (exact) mass is 308 g/mol. The highest BCUT2D eigenvalue weighted by Gasteiger charge is 2.45. The summed E-state index contributed by atoms with van der Waals surface area (Å²) in [6.07, 6.45) is 0.498. The maximum atomic E-state index is 12.2. The van der Waals surface area contributed by atoms with Gasteiger partial charge in [-0.05, 0) is 7.05 Å². The second-order valence-electron chi connectivity index (χ2n) is 5.61. The number of likely N-dealkylation sites (N-methyl/N-ethyl adjacent to an activating group) is 1. The Kier molecular flexibility index (Phi) is 3.75. The van der Waals surface area contributed by atoms with Crippen LogP contribution in [-0.4, -0.2) is 66.3 Å². The van der Waals surface area contributed by atoms with Gasteiger partial charge in [0.25, 0.3) is 0 Å². The Hall–Kier alpha value is -2.13. The van der Waals surface area contributed by atoms with Gasteiger partial charge < -0.3 is 31.2 Å². The zero-order valence-corrected chi connectivity index (χ0v) is 12.5. The van der Waals surface area contributed by atoms with Gasteiger partial charge >= 0.3 is 0 Å². The molecule has 0 saturated carbocycles. The van der Waals surface area contributed by atoms with Gasteiger partial charge in [-0.2, -0.15) is 9.97 Å². The summed E-state index contributed by atoms with van der Waals surface area (Å²) in [6, 6.07) is 0. The number of amides is 1. The lowest BCUT2D eigenvalue weighted by Crippen LogP contribution is -2.51. The molecule has 0 radical (unpaired) electrons. The van der Waals surface area contributed by atoms with Crippen LogP contribution in [0.2, 0.25) is 0 Å². The minimum Gasteiger partial charge on any atom is -0.466 e. The zero-order chi connectivity index (χ0) is 15.7. The molecule has 1 fully saturated rings. The van der Waals surface area contributed by atoms with Crippen LogP contribution in [-0.2, 0) is 16.0 Å². The van der Waals surface area contributed by atoms with Crippen LogP contribution in [0.25, 0.3) is 0 Å². The molecule has 1 atom stereocenters. The molecular formula is C13H20N6O3. The summed E-state index contributed by atoms with van der Waals surface area (Å²) >= 11 is 0. The van der Waals surface area contributed by atoms with E-state index in [-0.39, 0.29) is 18.4 Å². The third-order valence-electron chi connectivity index (χ3n) is 3.86. The number of hydrogen-bond acceptors (Lipinski definition) is 8. The summed E-state index contributed by atoms with van der Waals surface area (Å²) < 4.78 is 11.6. The minimum absolute atomic E-state index is 0.00509. The van der Waals surface area contributed by atoms with E-state index in [1.165, 1.54) is 0 Å². The van der Waals surface area contributed by atoms with Crippen molar-refractivity contribution in [1.29, 1.82) is 0 Å². The molecule has 3 rings (SSSR count). The number of hydrogen-bond donors (Lipinski definition) is 3. The lowest BCUT2D eigenvalue weighted by molar-refractivity contribution is -0.132. The van der Waals surface area contributed by atoms with E-state index in [0.29, 0.717) is 44.4 Å². The first-order valence-electron chi connectivity index (χ1n) is 7.14. The number of ether oxygens (including phenoxy) is 2. The van der Waals surface area contributed by atoms with Gasteiger partial charge in [0.05, 0.1) is 31.9 Å². The van der Waals surface area contributed by atoms with Crippen LogP contribution in [0, 0.1) is 0 Å². The van der Waals surface area contributed by atoms with Gasteiger partial charge in [-0.3, -0.25) is 4.79 Å². The maximum Gasteiger partial charge on any atom is 0.236 e. The molecule has 1 amide bonds. The van der Waals surface area contributed by atoms with E-state index in [2.05, 4.69) is 15.3 Å². The van der Waals surface area contributed by atoms with E-state index in [4.69, 9.17) is 20.9 Å². The van der Waals surface area contributed by atoms with Gasteiger partial charge in [-0.1, -0.05) is 0 Å². The molecular weight excluding hydrogens is 288 g/mol. The minimum atomic E-state index is -0.682. The van der Waals surface area contributed by atoms with Crippen LogP contribution in [0.5, 0.6) is 5.88 Å². The van der Waals surface area contributed by atoms with E-state index in [1.807, 2.05) is 0 Å². The van der Waals surface area contributed by atoms with E-state index in [1.54, 1.807) is 11.9 Å². The first-order chi connectivity index (χ1) is 10.5. The Morgan fingerprint density at radius 1 is 1.45 bits per heavy atom. The van der Waals surface area contributed by atoms with Gasteiger partial charge in [0.1, 0.15) is 5.82 Å². The summed E-state index contributed by atoms with van der Waals surface area (Å²) in [4.78, 5) is 22.0. The van der Waals surface area contributed by atoms with Crippen LogP contribution in [0.15, 0.2) is 0 Å². The average Bonchev–Trinajstić information content (AvgIpc) is 2.67. The fraction of sp³-hybridized carbons (Fsp3) is 0.615. The maximum absolute atomic E-state index is 12.2. The number of nitrogens with two attached hydrogens (primary N) is 2. The molecule has 0 bridgehead atoms. The van der Waals surface area contributed by atoms with Crippen molar-refractivity contribution in [2.24, 2.45) is 0 Å². The predicted molar refractivity (Wildman–Crippen MR) is 79.2 cm³/mol. The predicted octanol–water partition coefficient (Wildman–Crippen LogP) is -1.61. The van der Waals surface area contributed by atoms with Crippen molar-refractivity contribution in [2.75, 3.05) is 51.4 Å². The fourth-order valence-corrected chi connectivity index (χ4v) is 2.86. The smallest absolute Gasteiger partial charge is 0.236 e. The van der Waals surface area contributed by atoms with E-state index < -0.39 is 5.60 Å². The first kappa shape index (κ1) is 14.8. The number of carbonyl (C=O) groups is 1. The molecule has 1 aromatic heterocycles. The van der Waals surface area contributed by atoms with Gasteiger partial charge in [0.2, 0.25) is 17.7 Å². The summed E-state index contributed by atoms with van der Waals surface area (Å²) in [5.41, 5.74) is 11.6. The summed E-state index contributed by atoms with van der Waals surface area (Å²) in [5, 5.41) is 2.87. The highest BCUT2D eigenvalue weighted by atomic mass is 16.6. The van der Waals surface area contributed by atoms with Crippen LogP contribution >= 0.6 is 0 Å². The third-order valence-corrected chi connectivity index (χ3v) is 3.86. The average molecular weight is 308 g/mol. The first-order valence-corrected chi connectivity index (χ1v) is 7.14. The fourth-order valence-electron chi connectivity index (χ4n) is 2.86. The number of fused-ring (bicyclic) bond motifs is 1. The molecule has 3 heterocycles. The molecule has 2 aliphatic heterocycles. The Morgan fingerprint density at radius 2 is 2.27 bits per heavy atom. The van der Waals surface area contributed by atoms with Crippen molar-refractivity contribution in [3.8, 4) is 5.88 Å². The lowest BCUT2D eigenvalue weighted by Gasteiger charge is -2.30. The van der Waals surface area contributed by atoms with Gasteiger partial charge in [-0.15, -0.1) is 0 Å². The van der Waals surface area contributed by atoms with Crippen molar-refractivity contribution in [3.05, 3.63) is 5.56 Å². The third kappa shape index (κ3) is 2.64. The van der Waals surface area contributed by atoms with Crippen molar-refractivity contribution < 1.29 is 14.3 Å². The van der Waals surface area contributed by atoms with Gasteiger partial charge in [0.15, 0.2) is 5.60 Å². The molecule has 5 N–H and O–H groups in total. The molecule has 0 unspecified atom stereocenters. The molecule has 9 heteroatoms. The van der Waals surface area contributed by atoms with Crippen LogP contribution in [0.1, 0.15) is 5.56 Å². The Bertz CT molecular complexity index is 595. The summed E-state index contributed by atoms with van der Waals surface area (Å²) in [6.45, 7) is 2.07. The largest absolute Gasteiger partial charge is 0.466 e. The molecule has 22 heavy (non-hydrogen) atoms. The molecule has 1 spiro atoms. The van der Waals surface area contributed by atoms with Crippen molar-refractivity contribution >= 4 is 17.7 Å². The van der Waals surface area contributed by atoms with Gasteiger partial charge in [0, 0.05) is 13.0 Å². The summed E-state index contributed by atoms with van der Waals surface area (Å²) in [5.74, 6) is 0.782. The van der Waals surface area contributed by atoms with Crippen LogP contribution < -0.4 is 21.5 Å². The van der Waals surface area contributed by atoms with Gasteiger partial charge in [-0.25, -0.2) is 0 Å². The molecule has 1 saturated heterocycles. The topological polar surface area (TPSA) is 129 Å². The highest BCUT2D eigenvalue weighted by molar-refractivity contribution is 5.78. The quantitative estimate of drug-likeness (QED) is 0.595. The van der Waals surface area contributed by atoms with Crippen LogP contribution in [0.4, 0.5) is 11.8 Å². The second kappa shape index (κ2) is 5.58. The number of aromatic nitrogens is 2. The second-order valence-corrected chi connectivity index (χ2v) is 5.61. The number of carbonyl (C=O) groups excluding carboxylic acids is 1. The molecule has 2 aliphatic rings. The SMILES string of the molecule is CNCC(=O)N1CCOC[C@@]2(Cc3c(N)nc(N)nc3O2)C1. The van der Waals surface area contributed by atoms with E-state index in [0.717, 1.165) is 5.56 Å². The molecule has 1 aromatic rings. The van der Waals surface area contributed by atoms with E-state index in [9.17, 15) is 4.79 Å². The number of rotatable bonds is 2. The Balaban J connectivity index is 1.84. The number of nitrogens with zero attached hydrogens (tertiary/aromatic N) is 3. The van der Waals surface area contributed by atoms with Crippen molar-refractivity contribution in [1.82, 2.24) is 20.2 Å². The van der Waals surface area contributed by atoms with Crippen LogP contribution in [0.3, 0.4) is 0 Å². The Labute approximate surface area is 128 Å². The molecule has 120 valence electrons. The normalized spacial score (nSPS) is 24.0. The summed E-state index contributed by atoms with van der Waals surface area (Å²) in [7, 11) is 1.74. The molecule has 0 aromatic carbocycles.